The minimum Gasteiger partial charge on any atom is -0.458 e. The van der Waals surface area contributed by atoms with Gasteiger partial charge in [-0.2, -0.15) is 0 Å². The van der Waals surface area contributed by atoms with Gasteiger partial charge in [-0.3, -0.25) is 4.79 Å². The second kappa shape index (κ2) is 6.51. The molecular formula is C18H17FN4O2. The Hall–Kier alpha value is -2.96. The highest BCUT2D eigenvalue weighted by atomic mass is 19.1. The number of amides is 1. The third kappa shape index (κ3) is 3.31. The quantitative estimate of drug-likeness (QED) is 0.796. The molecule has 1 atom stereocenters. The van der Waals surface area contributed by atoms with Crippen molar-refractivity contribution >= 4 is 16.8 Å². The second-order valence-electron chi connectivity index (χ2n) is 6.10. The van der Waals surface area contributed by atoms with E-state index in [1.165, 1.54) is 0 Å². The van der Waals surface area contributed by atoms with Gasteiger partial charge >= 0.3 is 6.01 Å². The van der Waals surface area contributed by atoms with Gasteiger partial charge in [0.25, 0.3) is 5.91 Å². The molecule has 4 rings (SSSR count). The number of nitrogens with one attached hydrogen (secondary N) is 1. The number of benzene rings is 1. The van der Waals surface area contributed by atoms with E-state index in [2.05, 4.69) is 15.0 Å². The molecule has 0 saturated carbocycles. The first-order chi connectivity index (χ1) is 12.2. The third-order valence-electron chi connectivity index (χ3n) is 4.34. The van der Waals surface area contributed by atoms with Gasteiger partial charge in [-0.1, -0.05) is 6.07 Å². The molecule has 3 heterocycles. The van der Waals surface area contributed by atoms with Crippen molar-refractivity contribution in [1.82, 2.24) is 19.9 Å². The number of piperidine rings is 1. The summed E-state index contributed by atoms with van der Waals surface area (Å²) < 4.78 is 18.6. The van der Waals surface area contributed by atoms with Crippen LogP contribution in [-0.4, -0.2) is 45.0 Å². The number of nitrogens with zero attached hydrogens (tertiary/aromatic N) is 3. The number of hydrogen-bond acceptors (Lipinski definition) is 4. The highest BCUT2D eigenvalue weighted by Gasteiger charge is 2.26. The molecule has 1 N–H and O–H groups in total. The van der Waals surface area contributed by atoms with Crippen LogP contribution in [0.5, 0.6) is 6.01 Å². The lowest BCUT2D eigenvalue weighted by Gasteiger charge is -2.32. The number of H-pyrrole nitrogens is 1. The molecule has 1 aliphatic heterocycles. The number of aromatic amines is 1. The molecule has 2 aromatic heterocycles. The van der Waals surface area contributed by atoms with Gasteiger partial charge in [0, 0.05) is 23.8 Å². The second-order valence-corrected chi connectivity index (χ2v) is 6.10. The molecule has 3 aromatic rings. The maximum Gasteiger partial charge on any atom is 0.316 e. The van der Waals surface area contributed by atoms with Gasteiger partial charge in [-0.25, -0.2) is 14.4 Å². The van der Waals surface area contributed by atoms with Gasteiger partial charge in [0.15, 0.2) is 5.82 Å². The zero-order valence-corrected chi connectivity index (χ0v) is 13.5. The predicted molar refractivity (Wildman–Crippen MR) is 89.8 cm³/mol. The fourth-order valence-corrected chi connectivity index (χ4v) is 3.09. The van der Waals surface area contributed by atoms with Crippen molar-refractivity contribution < 1.29 is 13.9 Å². The normalized spacial score (nSPS) is 17.6. The first kappa shape index (κ1) is 15.6. The summed E-state index contributed by atoms with van der Waals surface area (Å²) in [5.74, 6) is -0.530. The lowest BCUT2D eigenvalue weighted by Crippen LogP contribution is -2.44. The Morgan fingerprint density at radius 1 is 1.28 bits per heavy atom. The van der Waals surface area contributed by atoms with Crippen LogP contribution in [0.25, 0.3) is 10.9 Å². The fourth-order valence-electron chi connectivity index (χ4n) is 3.09. The van der Waals surface area contributed by atoms with Crippen molar-refractivity contribution in [2.45, 2.75) is 18.9 Å². The first-order valence-corrected chi connectivity index (χ1v) is 8.20. The number of fused-ring (bicyclic) bond motifs is 1. The minimum absolute atomic E-state index is 0.0233. The number of rotatable bonds is 3. The van der Waals surface area contributed by atoms with Crippen molar-refractivity contribution in [2.24, 2.45) is 0 Å². The molecule has 0 aliphatic carbocycles. The summed E-state index contributed by atoms with van der Waals surface area (Å²) in [6.07, 6.45) is 5.44. The van der Waals surface area contributed by atoms with Gasteiger partial charge < -0.3 is 14.6 Å². The Morgan fingerprint density at radius 2 is 2.12 bits per heavy atom. The Labute approximate surface area is 143 Å². The summed E-state index contributed by atoms with van der Waals surface area (Å²) >= 11 is 0. The number of carbonyl (C=O) groups excluding carboxylic acids is 1. The summed E-state index contributed by atoms with van der Waals surface area (Å²) in [6, 6.07) is 7.74. The Bertz CT molecular complexity index is 893. The topological polar surface area (TPSA) is 71.1 Å². The average Bonchev–Trinajstić information content (AvgIpc) is 3.11. The average molecular weight is 340 g/mol. The number of ether oxygens (including phenoxy) is 1. The van der Waals surface area contributed by atoms with E-state index < -0.39 is 5.82 Å². The van der Waals surface area contributed by atoms with E-state index in [-0.39, 0.29) is 18.0 Å². The van der Waals surface area contributed by atoms with Gasteiger partial charge in [0.05, 0.1) is 18.9 Å². The van der Waals surface area contributed by atoms with Crippen LogP contribution in [0.3, 0.4) is 0 Å². The maximum atomic E-state index is 12.9. The van der Waals surface area contributed by atoms with Crippen molar-refractivity contribution in [3.63, 3.8) is 0 Å². The van der Waals surface area contributed by atoms with Crippen molar-refractivity contribution in [3.8, 4) is 6.01 Å². The number of likely N-dealkylation sites (tertiary alicyclic amines) is 1. The first-order valence-electron chi connectivity index (χ1n) is 8.20. The zero-order valence-electron chi connectivity index (χ0n) is 13.5. The Morgan fingerprint density at radius 3 is 2.96 bits per heavy atom. The van der Waals surface area contributed by atoms with Crippen LogP contribution in [0.4, 0.5) is 4.39 Å². The molecule has 0 radical (unpaired) electrons. The molecule has 1 aromatic carbocycles. The summed E-state index contributed by atoms with van der Waals surface area (Å²) in [6.45, 7) is 1.15. The summed E-state index contributed by atoms with van der Waals surface area (Å²) in [5.41, 5.74) is 1.59. The van der Waals surface area contributed by atoms with Crippen LogP contribution in [0, 0.1) is 5.82 Å². The molecule has 0 bridgehead atoms. The van der Waals surface area contributed by atoms with Crippen LogP contribution in [0.2, 0.25) is 0 Å². The third-order valence-corrected chi connectivity index (χ3v) is 4.34. The van der Waals surface area contributed by atoms with Crippen molar-refractivity contribution in [3.05, 3.63) is 54.2 Å². The van der Waals surface area contributed by atoms with Crippen molar-refractivity contribution in [1.29, 1.82) is 0 Å². The van der Waals surface area contributed by atoms with Crippen LogP contribution in [-0.2, 0) is 0 Å². The predicted octanol–water partition coefficient (Wildman–Crippen LogP) is 2.78. The molecule has 7 heteroatoms. The number of halogens is 1. The van der Waals surface area contributed by atoms with E-state index in [9.17, 15) is 9.18 Å². The molecule has 0 spiro atoms. The smallest absolute Gasteiger partial charge is 0.316 e. The van der Waals surface area contributed by atoms with E-state index >= 15 is 0 Å². The molecule has 6 nitrogen and oxygen atoms in total. The summed E-state index contributed by atoms with van der Waals surface area (Å²) in [4.78, 5) is 25.3. The molecule has 25 heavy (non-hydrogen) atoms. The summed E-state index contributed by atoms with van der Waals surface area (Å²) in [5, 5.41) is 1.07. The van der Waals surface area contributed by atoms with E-state index in [4.69, 9.17) is 4.74 Å². The van der Waals surface area contributed by atoms with Gasteiger partial charge in [-0.15, -0.1) is 0 Å². The molecule has 1 fully saturated rings. The molecule has 1 amide bonds. The van der Waals surface area contributed by atoms with Gasteiger partial charge in [-0.05, 0) is 36.4 Å². The lowest BCUT2D eigenvalue weighted by atomic mass is 10.1. The van der Waals surface area contributed by atoms with Gasteiger partial charge in [0.2, 0.25) is 0 Å². The van der Waals surface area contributed by atoms with Crippen LogP contribution < -0.4 is 4.74 Å². The number of aromatic nitrogens is 3. The highest BCUT2D eigenvalue weighted by Crippen LogP contribution is 2.20. The van der Waals surface area contributed by atoms with Crippen LogP contribution in [0.1, 0.15) is 23.2 Å². The molecule has 1 aliphatic rings. The van der Waals surface area contributed by atoms with E-state index in [0.717, 1.165) is 36.1 Å². The Kier molecular flexibility index (Phi) is 4.05. The van der Waals surface area contributed by atoms with Gasteiger partial charge in [0.1, 0.15) is 6.10 Å². The molecule has 1 unspecified atom stereocenters. The van der Waals surface area contributed by atoms with Crippen molar-refractivity contribution in [2.75, 3.05) is 13.1 Å². The van der Waals surface area contributed by atoms with E-state index in [1.807, 2.05) is 30.5 Å². The molecule has 1 saturated heterocycles. The minimum atomic E-state index is -0.507. The summed E-state index contributed by atoms with van der Waals surface area (Å²) in [7, 11) is 0. The SMILES string of the molecule is O=C(c1ccc2cc[nH]c2c1)N1CCCC(Oc2ncc(F)cn2)C1. The lowest BCUT2D eigenvalue weighted by molar-refractivity contribution is 0.0515. The zero-order chi connectivity index (χ0) is 17.2. The highest BCUT2D eigenvalue weighted by molar-refractivity contribution is 5.98. The van der Waals surface area contributed by atoms with Crippen LogP contribution >= 0.6 is 0 Å². The monoisotopic (exact) mass is 340 g/mol. The molecular weight excluding hydrogens is 323 g/mol. The maximum absolute atomic E-state index is 12.9. The number of hydrogen-bond donors (Lipinski definition) is 1. The Balaban J connectivity index is 1.46. The fraction of sp³-hybridized carbons (Fsp3) is 0.278. The number of carbonyl (C=O) groups is 1. The van der Waals surface area contributed by atoms with Crippen LogP contribution in [0.15, 0.2) is 42.9 Å². The van der Waals surface area contributed by atoms with E-state index in [0.29, 0.717) is 18.7 Å². The van der Waals surface area contributed by atoms with E-state index in [1.54, 1.807) is 4.90 Å². The largest absolute Gasteiger partial charge is 0.458 e. The standard InChI is InChI=1S/C18H17FN4O2/c19-14-9-21-18(22-10-14)25-15-2-1-7-23(11-15)17(24)13-4-3-12-5-6-20-16(12)8-13/h3-6,8-10,15,20H,1-2,7,11H2. The molecule has 128 valence electrons.